The van der Waals surface area contributed by atoms with E-state index >= 15 is 0 Å². The normalized spacial score (nSPS) is 11.4. The van der Waals surface area contributed by atoms with Gasteiger partial charge in [-0.3, -0.25) is 0 Å². The summed E-state index contributed by atoms with van der Waals surface area (Å²) in [5.41, 5.74) is 4.71. The molecule has 3 rings (SSSR count). The second-order valence-corrected chi connectivity index (χ2v) is 8.66. The fourth-order valence-electron chi connectivity index (χ4n) is 3.62. The Balaban J connectivity index is 1.91. The summed E-state index contributed by atoms with van der Waals surface area (Å²) in [5.74, 6) is 1.27. The number of methoxy groups -OCH3 is 1. The molecule has 0 saturated heterocycles. The molecule has 0 heterocycles. The van der Waals surface area contributed by atoms with E-state index in [4.69, 9.17) is 9.47 Å². The van der Waals surface area contributed by atoms with Crippen molar-refractivity contribution in [2.24, 2.45) is 0 Å². The molecule has 0 N–H and O–H groups in total. The lowest BCUT2D eigenvalue weighted by atomic mass is 9.81. The Kier molecular flexibility index (Phi) is 6.81. The summed E-state index contributed by atoms with van der Waals surface area (Å²) < 4.78 is 26.0. The van der Waals surface area contributed by atoms with Crippen molar-refractivity contribution in [3.63, 3.8) is 0 Å². The molecule has 0 bridgehead atoms. The van der Waals surface area contributed by atoms with Crippen molar-refractivity contribution in [2.75, 3.05) is 7.11 Å². The van der Waals surface area contributed by atoms with Crippen molar-refractivity contribution < 1.29 is 13.9 Å². The van der Waals surface area contributed by atoms with Gasteiger partial charge in [0.05, 0.1) is 7.11 Å². The number of ether oxygens (including phenoxy) is 2. The highest BCUT2D eigenvalue weighted by molar-refractivity contribution is 5.71. The predicted molar refractivity (Wildman–Crippen MR) is 122 cm³/mol. The lowest BCUT2D eigenvalue weighted by Gasteiger charge is -2.24. The summed E-state index contributed by atoms with van der Waals surface area (Å²) in [7, 11) is 1.59. The minimum atomic E-state index is -0.252. The van der Waals surface area contributed by atoms with E-state index in [1.807, 2.05) is 24.3 Å². The lowest BCUT2D eigenvalue weighted by molar-refractivity contribution is 0.305. The van der Waals surface area contributed by atoms with E-state index in [2.05, 4.69) is 45.9 Å². The Hall–Kier alpha value is -2.81. The first kappa shape index (κ1) is 21.9. The zero-order valence-corrected chi connectivity index (χ0v) is 18.6. The van der Waals surface area contributed by atoms with Gasteiger partial charge in [-0.15, -0.1) is 0 Å². The van der Waals surface area contributed by atoms with E-state index in [1.54, 1.807) is 19.2 Å². The van der Waals surface area contributed by atoms with Gasteiger partial charge in [0.1, 0.15) is 23.9 Å². The lowest BCUT2D eigenvalue weighted by Crippen LogP contribution is -2.14. The van der Waals surface area contributed by atoms with Crippen LogP contribution >= 0.6 is 0 Å². The molecule has 0 aliphatic heterocycles. The molecule has 0 aromatic heterocycles. The average molecular weight is 407 g/mol. The summed E-state index contributed by atoms with van der Waals surface area (Å²) in [6.07, 6.45) is 2.16. The second kappa shape index (κ2) is 9.34. The Morgan fingerprint density at radius 1 is 0.833 bits per heavy atom. The molecule has 0 aliphatic rings. The number of hydrogen-bond acceptors (Lipinski definition) is 2. The van der Waals surface area contributed by atoms with Gasteiger partial charge in [0.25, 0.3) is 0 Å². The molecule has 158 valence electrons. The molecular weight excluding hydrogens is 375 g/mol. The number of benzene rings is 3. The Morgan fingerprint density at radius 3 is 2.33 bits per heavy atom. The fraction of sp³-hybridized carbons (Fsp3) is 0.333. The van der Waals surface area contributed by atoms with Crippen LogP contribution in [0, 0.1) is 5.82 Å². The van der Waals surface area contributed by atoms with Gasteiger partial charge in [0.15, 0.2) is 0 Å². The highest BCUT2D eigenvalue weighted by Crippen LogP contribution is 2.36. The molecule has 2 nitrogen and oxygen atoms in total. The van der Waals surface area contributed by atoms with Gasteiger partial charge in [-0.2, -0.15) is 0 Å². The molecule has 30 heavy (non-hydrogen) atoms. The number of halogens is 1. The Labute approximate surface area is 179 Å². The molecule has 3 aromatic carbocycles. The van der Waals surface area contributed by atoms with Gasteiger partial charge < -0.3 is 9.47 Å². The summed E-state index contributed by atoms with van der Waals surface area (Å²) in [5, 5.41) is 0. The van der Waals surface area contributed by atoms with Crippen LogP contribution in [0.5, 0.6) is 11.5 Å². The molecule has 0 spiro atoms. The highest BCUT2D eigenvalue weighted by Gasteiger charge is 2.21. The summed E-state index contributed by atoms with van der Waals surface area (Å²) in [6.45, 7) is 9.07. The third-order valence-corrected chi connectivity index (χ3v) is 5.20. The van der Waals surface area contributed by atoms with Crippen LogP contribution < -0.4 is 9.47 Å². The van der Waals surface area contributed by atoms with Crippen LogP contribution in [0.2, 0.25) is 0 Å². The van der Waals surface area contributed by atoms with Crippen molar-refractivity contribution in [1.29, 1.82) is 0 Å². The predicted octanol–water partition coefficient (Wildman–Crippen LogP) is 7.33. The van der Waals surface area contributed by atoms with E-state index in [0.29, 0.717) is 17.9 Å². The van der Waals surface area contributed by atoms with E-state index in [1.165, 1.54) is 11.6 Å². The zero-order chi connectivity index (χ0) is 21.7. The number of aryl methyl sites for hydroxylation is 1. The van der Waals surface area contributed by atoms with E-state index in [9.17, 15) is 4.39 Å². The van der Waals surface area contributed by atoms with Crippen LogP contribution in [-0.4, -0.2) is 7.11 Å². The number of hydrogen-bond donors (Lipinski definition) is 0. The van der Waals surface area contributed by atoms with E-state index < -0.39 is 0 Å². The monoisotopic (exact) mass is 406 g/mol. The van der Waals surface area contributed by atoms with Crippen molar-refractivity contribution in [2.45, 2.75) is 52.6 Å². The Morgan fingerprint density at radius 2 is 1.63 bits per heavy atom. The van der Waals surface area contributed by atoms with Gasteiger partial charge in [0.2, 0.25) is 0 Å². The van der Waals surface area contributed by atoms with Gasteiger partial charge in [-0.05, 0) is 64.4 Å². The van der Waals surface area contributed by atoms with Crippen molar-refractivity contribution >= 4 is 0 Å². The molecular formula is C27H31FO2. The van der Waals surface area contributed by atoms with Gasteiger partial charge in [-0.25, -0.2) is 4.39 Å². The van der Waals surface area contributed by atoms with Crippen molar-refractivity contribution in [3.05, 3.63) is 83.2 Å². The maximum atomic E-state index is 14.7. The Bertz CT molecular complexity index is 1000. The smallest absolute Gasteiger partial charge is 0.131 e. The van der Waals surface area contributed by atoms with E-state index in [-0.39, 0.29) is 11.2 Å². The average Bonchev–Trinajstić information content (AvgIpc) is 2.72. The second-order valence-electron chi connectivity index (χ2n) is 8.66. The minimum Gasteiger partial charge on any atom is -0.497 e. The molecule has 0 aliphatic carbocycles. The van der Waals surface area contributed by atoms with Crippen molar-refractivity contribution in [3.8, 4) is 22.6 Å². The maximum absolute atomic E-state index is 14.7. The standard InChI is InChI=1S/C27H31FO2/c1-6-8-19-9-7-10-22(15-19)30-18-20-11-13-23(25(16-20)27(2,3)4)24-17-21(29-5)12-14-26(24)28/h7,9-17H,6,8,18H2,1-5H3. The molecule has 3 heteroatoms. The molecule has 0 atom stereocenters. The first-order valence-electron chi connectivity index (χ1n) is 10.5. The van der Waals surface area contributed by atoms with Crippen LogP contribution in [0.15, 0.2) is 60.7 Å². The topological polar surface area (TPSA) is 18.5 Å². The van der Waals surface area contributed by atoms with Crippen molar-refractivity contribution in [1.82, 2.24) is 0 Å². The highest BCUT2D eigenvalue weighted by atomic mass is 19.1. The molecule has 0 fully saturated rings. The van der Waals surface area contributed by atoms with Crippen LogP contribution in [0.25, 0.3) is 11.1 Å². The minimum absolute atomic E-state index is 0.151. The fourth-order valence-corrected chi connectivity index (χ4v) is 3.62. The van der Waals surface area contributed by atoms with Crippen LogP contribution in [0.1, 0.15) is 50.8 Å². The quantitative estimate of drug-likeness (QED) is 0.409. The SMILES string of the molecule is CCCc1cccc(OCc2ccc(-c3cc(OC)ccc3F)c(C(C)(C)C)c2)c1. The number of rotatable bonds is 7. The van der Waals surface area contributed by atoms with Crippen LogP contribution in [0.3, 0.4) is 0 Å². The molecule has 3 aromatic rings. The summed E-state index contributed by atoms with van der Waals surface area (Å²) >= 11 is 0. The maximum Gasteiger partial charge on any atom is 0.131 e. The molecule has 0 unspecified atom stereocenters. The third-order valence-electron chi connectivity index (χ3n) is 5.20. The van der Waals surface area contributed by atoms with Gasteiger partial charge in [-0.1, -0.05) is 64.4 Å². The third kappa shape index (κ3) is 5.21. The van der Waals surface area contributed by atoms with Crippen LogP contribution in [-0.2, 0) is 18.4 Å². The molecule has 0 saturated carbocycles. The zero-order valence-electron chi connectivity index (χ0n) is 18.6. The first-order chi connectivity index (χ1) is 14.3. The summed E-state index contributed by atoms with van der Waals surface area (Å²) in [6, 6.07) is 19.3. The van der Waals surface area contributed by atoms with Gasteiger partial charge >= 0.3 is 0 Å². The first-order valence-corrected chi connectivity index (χ1v) is 10.5. The van der Waals surface area contributed by atoms with Crippen LogP contribution in [0.4, 0.5) is 4.39 Å². The van der Waals surface area contributed by atoms with E-state index in [0.717, 1.165) is 35.3 Å². The largest absolute Gasteiger partial charge is 0.497 e. The van der Waals surface area contributed by atoms with Gasteiger partial charge in [0, 0.05) is 5.56 Å². The molecule has 0 radical (unpaired) electrons. The molecule has 0 amide bonds. The summed E-state index contributed by atoms with van der Waals surface area (Å²) in [4.78, 5) is 0.